The number of aromatic nitrogens is 2. The van der Waals surface area contributed by atoms with E-state index < -0.39 is 0 Å². The minimum Gasteiger partial charge on any atom is -0.382 e. The van der Waals surface area contributed by atoms with Gasteiger partial charge in [-0.15, -0.1) is 0 Å². The summed E-state index contributed by atoms with van der Waals surface area (Å²) in [5.41, 5.74) is 5.58. The van der Waals surface area contributed by atoms with Crippen molar-refractivity contribution in [2.45, 2.75) is 25.9 Å². The standard InChI is InChI=1S/C12H23N5/c1-11-10-16(9-8-15(11)2)5-3-6-17-7-4-12(13)14-17/h4,7,11H,3,5-6,8-10H2,1-2H3,(H2,13,14). The molecule has 1 saturated heterocycles. The molecule has 0 amide bonds. The predicted molar refractivity (Wildman–Crippen MR) is 69.8 cm³/mol. The van der Waals surface area contributed by atoms with Crippen LogP contribution in [0.2, 0.25) is 0 Å². The molecule has 96 valence electrons. The van der Waals surface area contributed by atoms with Crippen LogP contribution in [0.25, 0.3) is 0 Å². The molecule has 1 fully saturated rings. The third kappa shape index (κ3) is 3.44. The zero-order valence-electron chi connectivity index (χ0n) is 10.8. The fourth-order valence-corrected chi connectivity index (χ4v) is 2.29. The lowest BCUT2D eigenvalue weighted by atomic mass is 10.2. The normalized spacial score (nSPS) is 23.1. The molecular formula is C12H23N5. The van der Waals surface area contributed by atoms with E-state index in [1.165, 1.54) is 19.6 Å². The molecule has 2 heterocycles. The second-order valence-corrected chi connectivity index (χ2v) is 4.99. The van der Waals surface area contributed by atoms with Crippen molar-refractivity contribution in [2.24, 2.45) is 0 Å². The first-order valence-electron chi connectivity index (χ1n) is 6.36. The summed E-state index contributed by atoms with van der Waals surface area (Å²) in [6, 6.07) is 2.52. The maximum absolute atomic E-state index is 5.58. The Bertz CT molecular complexity index is 348. The fraction of sp³-hybridized carbons (Fsp3) is 0.750. The SMILES string of the molecule is CC1CN(CCCn2ccc(N)n2)CCN1C. The van der Waals surface area contributed by atoms with Crippen LogP contribution in [-0.2, 0) is 6.54 Å². The highest BCUT2D eigenvalue weighted by atomic mass is 15.3. The fourth-order valence-electron chi connectivity index (χ4n) is 2.29. The van der Waals surface area contributed by atoms with Gasteiger partial charge in [0.1, 0.15) is 5.82 Å². The van der Waals surface area contributed by atoms with E-state index in [0.29, 0.717) is 11.9 Å². The van der Waals surface area contributed by atoms with Crippen LogP contribution in [0.3, 0.4) is 0 Å². The molecule has 1 unspecified atom stereocenters. The van der Waals surface area contributed by atoms with E-state index >= 15 is 0 Å². The monoisotopic (exact) mass is 237 g/mol. The van der Waals surface area contributed by atoms with Crippen LogP contribution in [0, 0.1) is 0 Å². The second kappa shape index (κ2) is 5.51. The number of hydrogen-bond donors (Lipinski definition) is 1. The Hall–Kier alpha value is -1.07. The van der Waals surface area contributed by atoms with Gasteiger partial charge in [-0.05, 0) is 26.5 Å². The van der Waals surface area contributed by atoms with Crippen molar-refractivity contribution in [3.63, 3.8) is 0 Å². The zero-order chi connectivity index (χ0) is 12.3. The van der Waals surface area contributed by atoms with Crippen LogP contribution in [-0.4, -0.2) is 58.8 Å². The molecule has 0 saturated carbocycles. The molecule has 5 nitrogen and oxygen atoms in total. The van der Waals surface area contributed by atoms with Crippen LogP contribution in [0.15, 0.2) is 12.3 Å². The number of rotatable bonds is 4. The van der Waals surface area contributed by atoms with Gasteiger partial charge in [0.25, 0.3) is 0 Å². The summed E-state index contributed by atoms with van der Waals surface area (Å²) in [5.74, 6) is 0.609. The van der Waals surface area contributed by atoms with Crippen molar-refractivity contribution in [2.75, 3.05) is 39.0 Å². The molecule has 0 spiro atoms. The molecule has 5 heteroatoms. The second-order valence-electron chi connectivity index (χ2n) is 4.99. The summed E-state index contributed by atoms with van der Waals surface area (Å²) in [7, 11) is 2.20. The Morgan fingerprint density at radius 2 is 2.24 bits per heavy atom. The topological polar surface area (TPSA) is 50.3 Å². The molecule has 17 heavy (non-hydrogen) atoms. The maximum atomic E-state index is 5.58. The lowest BCUT2D eigenvalue weighted by molar-refractivity contribution is 0.103. The van der Waals surface area contributed by atoms with Crippen molar-refractivity contribution >= 4 is 5.82 Å². The molecule has 1 aromatic rings. The van der Waals surface area contributed by atoms with Crippen molar-refractivity contribution in [3.05, 3.63) is 12.3 Å². The van der Waals surface area contributed by atoms with Gasteiger partial charge in [0.2, 0.25) is 0 Å². The van der Waals surface area contributed by atoms with Crippen LogP contribution in [0.1, 0.15) is 13.3 Å². The van der Waals surface area contributed by atoms with Gasteiger partial charge in [-0.1, -0.05) is 0 Å². The Labute approximate surface area is 103 Å². The highest BCUT2D eigenvalue weighted by molar-refractivity contribution is 5.23. The van der Waals surface area contributed by atoms with Gasteiger partial charge in [0.05, 0.1) is 0 Å². The first-order valence-corrected chi connectivity index (χ1v) is 6.36. The molecule has 2 rings (SSSR count). The van der Waals surface area contributed by atoms with Crippen LogP contribution in [0.4, 0.5) is 5.82 Å². The predicted octanol–water partition coefficient (Wildman–Crippen LogP) is 0.491. The van der Waals surface area contributed by atoms with Crippen molar-refractivity contribution in [3.8, 4) is 0 Å². The summed E-state index contributed by atoms with van der Waals surface area (Å²) in [4.78, 5) is 4.96. The third-order valence-electron chi connectivity index (χ3n) is 3.57. The van der Waals surface area contributed by atoms with Crippen molar-refractivity contribution < 1.29 is 0 Å². The lowest BCUT2D eigenvalue weighted by Gasteiger charge is -2.37. The number of anilines is 1. The number of nitrogen functional groups attached to an aromatic ring is 1. The molecular weight excluding hydrogens is 214 g/mol. The van der Waals surface area contributed by atoms with Gasteiger partial charge in [-0.2, -0.15) is 5.10 Å². The summed E-state index contributed by atoms with van der Waals surface area (Å²) < 4.78 is 1.93. The highest BCUT2D eigenvalue weighted by Crippen LogP contribution is 2.07. The van der Waals surface area contributed by atoms with E-state index in [0.717, 1.165) is 19.5 Å². The van der Waals surface area contributed by atoms with E-state index in [4.69, 9.17) is 5.73 Å². The molecule has 1 atom stereocenters. The molecule has 0 bridgehead atoms. The number of piperazine rings is 1. The van der Waals surface area contributed by atoms with Crippen molar-refractivity contribution in [1.82, 2.24) is 19.6 Å². The Morgan fingerprint density at radius 3 is 2.88 bits per heavy atom. The van der Waals surface area contributed by atoms with E-state index in [1.54, 1.807) is 0 Å². The smallest absolute Gasteiger partial charge is 0.145 e. The summed E-state index contributed by atoms with van der Waals surface area (Å²) >= 11 is 0. The molecule has 1 aliphatic heterocycles. The molecule has 1 aromatic heterocycles. The molecule has 0 aromatic carbocycles. The minimum absolute atomic E-state index is 0.609. The number of likely N-dealkylation sites (N-methyl/N-ethyl adjacent to an activating group) is 1. The van der Waals surface area contributed by atoms with E-state index in [1.807, 2.05) is 16.9 Å². The molecule has 0 radical (unpaired) electrons. The average molecular weight is 237 g/mol. The molecule has 2 N–H and O–H groups in total. The van der Waals surface area contributed by atoms with Crippen LogP contribution >= 0.6 is 0 Å². The van der Waals surface area contributed by atoms with Crippen molar-refractivity contribution in [1.29, 1.82) is 0 Å². The quantitative estimate of drug-likeness (QED) is 0.828. The Morgan fingerprint density at radius 1 is 1.41 bits per heavy atom. The van der Waals surface area contributed by atoms with Crippen LogP contribution in [0.5, 0.6) is 0 Å². The Kier molecular flexibility index (Phi) is 4.02. The Balaban J connectivity index is 1.69. The molecule has 0 aliphatic carbocycles. The zero-order valence-corrected chi connectivity index (χ0v) is 10.8. The van der Waals surface area contributed by atoms with Gasteiger partial charge >= 0.3 is 0 Å². The van der Waals surface area contributed by atoms with Crippen LogP contribution < -0.4 is 5.73 Å². The average Bonchev–Trinajstić information content (AvgIpc) is 2.70. The van der Waals surface area contributed by atoms with E-state index in [2.05, 4.69) is 28.9 Å². The van der Waals surface area contributed by atoms with E-state index in [9.17, 15) is 0 Å². The molecule has 1 aliphatic rings. The number of hydrogen-bond acceptors (Lipinski definition) is 4. The van der Waals surface area contributed by atoms with Gasteiger partial charge < -0.3 is 15.5 Å². The van der Waals surface area contributed by atoms with Gasteiger partial charge in [-0.25, -0.2) is 0 Å². The lowest BCUT2D eigenvalue weighted by Crippen LogP contribution is -2.50. The summed E-state index contributed by atoms with van der Waals surface area (Å²) in [5, 5.41) is 4.19. The number of nitrogens with two attached hydrogens (primary N) is 1. The first kappa shape index (κ1) is 12.4. The number of aryl methyl sites for hydroxylation is 1. The summed E-state index contributed by atoms with van der Waals surface area (Å²) in [6.45, 7) is 7.94. The first-order chi connectivity index (χ1) is 8.15. The van der Waals surface area contributed by atoms with Gasteiger partial charge in [-0.3, -0.25) is 4.68 Å². The summed E-state index contributed by atoms with van der Waals surface area (Å²) in [6.07, 6.45) is 3.08. The maximum Gasteiger partial charge on any atom is 0.145 e. The largest absolute Gasteiger partial charge is 0.382 e. The highest BCUT2D eigenvalue weighted by Gasteiger charge is 2.19. The number of nitrogens with zero attached hydrogens (tertiary/aromatic N) is 4. The van der Waals surface area contributed by atoms with E-state index in [-0.39, 0.29) is 0 Å². The van der Waals surface area contributed by atoms with Gasteiger partial charge in [0, 0.05) is 45.0 Å². The third-order valence-corrected chi connectivity index (χ3v) is 3.57. The van der Waals surface area contributed by atoms with Gasteiger partial charge in [0.15, 0.2) is 0 Å². The minimum atomic E-state index is 0.609.